The number of nitrogens with one attached hydrogen (secondary N) is 2. The first-order valence-electron chi connectivity index (χ1n) is 20.9. The molecule has 4 atom stereocenters. The lowest BCUT2D eigenvalue weighted by molar-refractivity contribution is -0.140. The van der Waals surface area contributed by atoms with Crippen LogP contribution in [0.25, 0.3) is 22.2 Å². The Morgan fingerprint density at radius 3 is 1.98 bits per heavy atom. The van der Waals surface area contributed by atoms with Crippen LogP contribution in [-0.4, -0.2) is 88.2 Å². The molecule has 0 saturated carbocycles. The highest BCUT2D eigenvalue weighted by Crippen LogP contribution is 2.32. The van der Waals surface area contributed by atoms with Gasteiger partial charge >= 0.3 is 0 Å². The van der Waals surface area contributed by atoms with Gasteiger partial charge in [-0.15, -0.1) is 0 Å². The Morgan fingerprint density at radius 2 is 1.35 bits per heavy atom. The lowest BCUT2D eigenvalue weighted by atomic mass is 9.89. The zero-order chi connectivity index (χ0) is 41.6. The van der Waals surface area contributed by atoms with Gasteiger partial charge in [-0.1, -0.05) is 100 Å². The largest absolute Gasteiger partial charge is 0.355 e. The maximum atomic E-state index is 14.1. The number of H-pyrrole nitrogens is 1. The molecule has 2 aliphatic heterocycles. The molecule has 10 heteroatoms. The van der Waals surface area contributed by atoms with Gasteiger partial charge in [0.15, 0.2) is 5.78 Å². The van der Waals surface area contributed by atoms with Crippen LogP contribution in [0.15, 0.2) is 109 Å². The first-order valence-corrected chi connectivity index (χ1v) is 20.9. The van der Waals surface area contributed by atoms with Gasteiger partial charge in [-0.25, -0.2) is 0 Å². The van der Waals surface area contributed by atoms with Crippen molar-refractivity contribution in [3.8, 4) is 11.3 Å². The van der Waals surface area contributed by atoms with Crippen LogP contribution < -0.4 is 5.32 Å². The number of aromatic nitrogens is 1. The number of aromatic amines is 1. The molecule has 0 radical (unpaired) electrons. The summed E-state index contributed by atoms with van der Waals surface area (Å²) in [6.45, 7) is 5.05. The molecule has 1 aromatic heterocycles. The standard InChI is InChI=1S/C49H55N5O5.CH4/c1-32(2)27-39(55)31-40(34-13-7-5-8-14-34)48(58)53-25-11-17-43(53)45(56)29-33-19-24-41-37(28-33)30-42(51-41)35-20-22-38(23-21-35)50-47(57)44-18-12-26-54(44)49(59)46(52(3)4)36-15-9-6-10-16-36;/h5-10,13-16,19-24,28,30,32,40,43-44,46,51H,11-12,17-18,25-27,29,31H2,1-4H3,(H,50,57);1H4/t40-,43+,44+,46-;/m1./s1. The Morgan fingerprint density at radius 1 is 0.733 bits per heavy atom. The third kappa shape index (κ3) is 9.93. The molecule has 5 aromatic rings. The molecular formula is C50H59N5O5. The molecule has 7 rings (SSSR count). The smallest absolute Gasteiger partial charge is 0.247 e. The summed E-state index contributed by atoms with van der Waals surface area (Å²) in [6.07, 6.45) is 3.50. The third-order valence-corrected chi connectivity index (χ3v) is 11.7. The number of amides is 3. The number of likely N-dealkylation sites (tertiary alicyclic amines) is 2. The first-order chi connectivity index (χ1) is 28.5. The van der Waals surface area contributed by atoms with Gasteiger partial charge in [-0.05, 0) is 98.3 Å². The quantitative estimate of drug-likeness (QED) is 0.109. The van der Waals surface area contributed by atoms with E-state index >= 15 is 0 Å². The van der Waals surface area contributed by atoms with E-state index < -0.39 is 24.0 Å². The molecule has 0 aliphatic carbocycles. The van der Waals surface area contributed by atoms with Crippen LogP contribution in [0.3, 0.4) is 0 Å². The number of carbonyl (C=O) groups is 5. The summed E-state index contributed by atoms with van der Waals surface area (Å²) in [6, 6.07) is 33.2. The van der Waals surface area contributed by atoms with Crippen molar-refractivity contribution in [3.05, 3.63) is 126 Å². The van der Waals surface area contributed by atoms with Gasteiger partial charge in [0.1, 0.15) is 17.9 Å². The van der Waals surface area contributed by atoms with Crippen molar-refractivity contribution in [1.29, 1.82) is 0 Å². The van der Waals surface area contributed by atoms with Gasteiger partial charge < -0.3 is 20.1 Å². The topological polar surface area (TPSA) is 123 Å². The summed E-state index contributed by atoms with van der Waals surface area (Å²) >= 11 is 0. The second-order valence-electron chi connectivity index (χ2n) is 16.8. The van der Waals surface area contributed by atoms with Crippen molar-refractivity contribution in [3.63, 3.8) is 0 Å². The van der Waals surface area contributed by atoms with Crippen LogP contribution in [-0.2, 0) is 30.4 Å². The minimum absolute atomic E-state index is 0. The number of anilines is 1. The van der Waals surface area contributed by atoms with Gasteiger partial charge in [-0.3, -0.25) is 28.9 Å². The Balaban J connectivity index is 0.00000604. The van der Waals surface area contributed by atoms with Gasteiger partial charge in [0.25, 0.3) is 0 Å². The minimum Gasteiger partial charge on any atom is -0.355 e. The fourth-order valence-electron chi connectivity index (χ4n) is 8.85. The van der Waals surface area contributed by atoms with E-state index in [1.807, 2.05) is 136 Å². The van der Waals surface area contributed by atoms with Gasteiger partial charge in [0, 0.05) is 54.6 Å². The van der Waals surface area contributed by atoms with Crippen molar-refractivity contribution in [1.82, 2.24) is 19.7 Å². The highest BCUT2D eigenvalue weighted by atomic mass is 16.2. The van der Waals surface area contributed by atoms with E-state index in [9.17, 15) is 24.0 Å². The minimum atomic E-state index is -0.606. The molecule has 314 valence electrons. The molecule has 10 nitrogen and oxygen atoms in total. The molecule has 0 unspecified atom stereocenters. The monoisotopic (exact) mass is 809 g/mol. The van der Waals surface area contributed by atoms with Crippen molar-refractivity contribution in [2.75, 3.05) is 32.5 Å². The highest BCUT2D eigenvalue weighted by Gasteiger charge is 2.39. The summed E-state index contributed by atoms with van der Waals surface area (Å²) < 4.78 is 0. The number of likely N-dealkylation sites (N-methyl/N-ethyl adjacent to an activating group) is 1. The van der Waals surface area contributed by atoms with Crippen molar-refractivity contribution < 1.29 is 24.0 Å². The van der Waals surface area contributed by atoms with Crippen molar-refractivity contribution in [2.24, 2.45) is 5.92 Å². The summed E-state index contributed by atoms with van der Waals surface area (Å²) in [5.74, 6) is -0.750. The number of rotatable bonds is 15. The highest BCUT2D eigenvalue weighted by molar-refractivity contribution is 5.99. The summed E-state index contributed by atoms with van der Waals surface area (Å²) in [5, 5.41) is 4.01. The molecule has 3 heterocycles. The van der Waals surface area contributed by atoms with Crippen LogP contribution in [0.2, 0.25) is 0 Å². The van der Waals surface area contributed by atoms with Crippen molar-refractivity contribution >= 4 is 45.9 Å². The van der Waals surface area contributed by atoms with E-state index in [1.54, 1.807) is 9.80 Å². The molecule has 0 spiro atoms. The average Bonchev–Trinajstić information content (AvgIpc) is 4.01. The maximum absolute atomic E-state index is 14.1. The molecule has 3 amide bonds. The number of carbonyl (C=O) groups excluding carboxylic acids is 5. The average molecular weight is 810 g/mol. The predicted octanol–water partition coefficient (Wildman–Crippen LogP) is 8.60. The molecule has 2 fully saturated rings. The Hall–Kier alpha value is -5.87. The van der Waals surface area contributed by atoms with Gasteiger partial charge in [0.2, 0.25) is 17.7 Å². The van der Waals surface area contributed by atoms with Gasteiger partial charge in [0.05, 0.1) is 12.0 Å². The predicted molar refractivity (Wildman–Crippen MR) is 238 cm³/mol. The normalized spacial score (nSPS) is 17.4. The SMILES string of the molecule is C.CC(C)CC(=O)C[C@@H](C(=O)N1CCC[C@H]1C(=O)Cc1ccc2[nH]c(-c3ccc(NC(=O)[C@@H]4CCCN4C(=O)[C@@H](c4ccccc4)N(C)C)cc3)cc2c1)c1ccccc1. The number of ketones is 2. The summed E-state index contributed by atoms with van der Waals surface area (Å²) in [7, 11) is 3.77. The van der Waals surface area contributed by atoms with E-state index in [1.165, 1.54) is 0 Å². The number of benzene rings is 4. The van der Waals surface area contributed by atoms with Crippen LogP contribution in [0.4, 0.5) is 5.69 Å². The summed E-state index contributed by atoms with van der Waals surface area (Å²) in [4.78, 5) is 77.0. The lowest BCUT2D eigenvalue weighted by Gasteiger charge is -2.31. The van der Waals surface area contributed by atoms with E-state index in [0.717, 1.165) is 51.7 Å². The molecule has 4 aromatic carbocycles. The number of hydrogen-bond acceptors (Lipinski definition) is 6. The lowest BCUT2D eigenvalue weighted by Crippen LogP contribution is -2.47. The van der Waals surface area contributed by atoms with Crippen LogP contribution in [0.5, 0.6) is 0 Å². The zero-order valence-electron chi connectivity index (χ0n) is 34.5. The van der Waals surface area contributed by atoms with Gasteiger partial charge in [-0.2, -0.15) is 0 Å². The second kappa shape index (κ2) is 19.5. The Labute approximate surface area is 354 Å². The van der Waals surface area contributed by atoms with E-state index in [-0.39, 0.29) is 55.5 Å². The fraction of sp³-hybridized carbons (Fsp3) is 0.380. The molecule has 0 bridgehead atoms. The Kier molecular flexibility index (Phi) is 14.2. The fourth-order valence-corrected chi connectivity index (χ4v) is 8.85. The van der Waals surface area contributed by atoms with Crippen molar-refractivity contribution in [2.45, 2.75) is 90.3 Å². The van der Waals surface area contributed by atoms with Crippen LogP contribution in [0.1, 0.15) is 88.4 Å². The van der Waals surface area contributed by atoms with Crippen LogP contribution in [0, 0.1) is 5.92 Å². The third-order valence-electron chi connectivity index (χ3n) is 11.7. The molecule has 60 heavy (non-hydrogen) atoms. The molecule has 2 saturated heterocycles. The number of Topliss-reactive ketones (excluding diaryl/α,β-unsaturated/α-hetero) is 2. The van der Waals surface area contributed by atoms with E-state index in [2.05, 4.69) is 16.4 Å². The number of hydrogen-bond donors (Lipinski definition) is 2. The second-order valence-corrected chi connectivity index (χ2v) is 16.8. The summed E-state index contributed by atoms with van der Waals surface area (Å²) in [5.41, 5.74) is 6.00. The molecular weight excluding hydrogens is 751 g/mol. The molecule has 2 N–H and O–H groups in total. The number of nitrogens with zero attached hydrogens (tertiary/aromatic N) is 3. The first kappa shape index (κ1) is 43.7. The number of fused-ring (bicyclic) bond motifs is 1. The Bertz CT molecular complexity index is 2280. The maximum Gasteiger partial charge on any atom is 0.247 e. The molecule has 2 aliphatic rings. The van der Waals surface area contributed by atoms with E-state index in [0.29, 0.717) is 38.0 Å². The van der Waals surface area contributed by atoms with Crippen LogP contribution >= 0.6 is 0 Å². The zero-order valence-corrected chi connectivity index (χ0v) is 34.5. The van der Waals surface area contributed by atoms with E-state index in [4.69, 9.17) is 0 Å².